The van der Waals surface area contributed by atoms with Gasteiger partial charge in [-0.1, -0.05) is 12.1 Å². The largest absolute Gasteiger partial charge is 0.416 e. The highest BCUT2D eigenvalue weighted by atomic mass is 19.4. The van der Waals surface area contributed by atoms with Crippen LogP contribution in [0.4, 0.5) is 24.8 Å². The van der Waals surface area contributed by atoms with Gasteiger partial charge in [-0.2, -0.15) is 13.2 Å². The van der Waals surface area contributed by atoms with Crippen LogP contribution in [0.15, 0.2) is 36.4 Å². The van der Waals surface area contributed by atoms with Crippen molar-refractivity contribution < 1.29 is 18.0 Å². The van der Waals surface area contributed by atoms with Crippen LogP contribution in [0, 0.1) is 0 Å². The Balaban J connectivity index is 1.27. The number of likely N-dealkylation sites (N-methyl/N-ethyl adjacent to an activating group) is 1. The van der Waals surface area contributed by atoms with Gasteiger partial charge < -0.3 is 19.6 Å². The summed E-state index contributed by atoms with van der Waals surface area (Å²) in [5, 5.41) is 8.78. The molecule has 7 nitrogen and oxygen atoms in total. The number of anilines is 2. The molecular formula is C22H27F3N6O. The van der Waals surface area contributed by atoms with E-state index in [0.717, 1.165) is 49.9 Å². The molecule has 1 aromatic heterocycles. The second-order valence-electron chi connectivity index (χ2n) is 8.28. The number of nitrogens with zero attached hydrogens (tertiary/aromatic N) is 6. The zero-order valence-electron chi connectivity index (χ0n) is 18.1. The number of alkyl halides is 3. The Morgan fingerprint density at radius 3 is 1.78 bits per heavy atom. The van der Waals surface area contributed by atoms with Crippen LogP contribution in [0.5, 0.6) is 0 Å². The van der Waals surface area contributed by atoms with Gasteiger partial charge in [0.1, 0.15) is 0 Å². The highest BCUT2D eigenvalue weighted by molar-refractivity contribution is 5.79. The fourth-order valence-electron chi connectivity index (χ4n) is 3.97. The van der Waals surface area contributed by atoms with Gasteiger partial charge in [0.2, 0.25) is 5.91 Å². The predicted octanol–water partition coefficient (Wildman–Crippen LogP) is 2.14. The Morgan fingerprint density at radius 2 is 1.31 bits per heavy atom. The van der Waals surface area contributed by atoms with Crippen molar-refractivity contribution in [1.29, 1.82) is 0 Å². The molecule has 172 valence electrons. The summed E-state index contributed by atoms with van der Waals surface area (Å²) in [7, 11) is 2.11. The first kappa shape index (κ1) is 22.3. The fourth-order valence-corrected chi connectivity index (χ4v) is 3.97. The van der Waals surface area contributed by atoms with E-state index in [2.05, 4.69) is 31.9 Å². The molecule has 2 aromatic rings. The molecule has 0 aliphatic carbocycles. The molecule has 4 rings (SSSR count). The molecular weight excluding hydrogens is 421 g/mol. The van der Waals surface area contributed by atoms with Crippen molar-refractivity contribution in [2.24, 2.45) is 0 Å². The van der Waals surface area contributed by atoms with E-state index in [1.807, 2.05) is 12.1 Å². The third-order valence-corrected chi connectivity index (χ3v) is 6.06. The molecule has 2 saturated heterocycles. The maximum absolute atomic E-state index is 12.7. The summed E-state index contributed by atoms with van der Waals surface area (Å²) in [5.41, 5.74) is -0.127. The molecule has 1 amide bonds. The molecule has 2 aliphatic rings. The van der Waals surface area contributed by atoms with Crippen molar-refractivity contribution in [3.05, 3.63) is 47.5 Å². The summed E-state index contributed by atoms with van der Waals surface area (Å²) in [6.45, 7) is 6.25. The van der Waals surface area contributed by atoms with E-state index in [4.69, 9.17) is 0 Å². The number of aromatic nitrogens is 2. The van der Waals surface area contributed by atoms with Crippen LogP contribution >= 0.6 is 0 Å². The van der Waals surface area contributed by atoms with E-state index in [0.29, 0.717) is 31.7 Å². The van der Waals surface area contributed by atoms with Crippen LogP contribution in [0.2, 0.25) is 0 Å². The van der Waals surface area contributed by atoms with E-state index < -0.39 is 11.7 Å². The maximum atomic E-state index is 12.7. The van der Waals surface area contributed by atoms with Crippen LogP contribution in [0.1, 0.15) is 11.1 Å². The van der Waals surface area contributed by atoms with Crippen LogP contribution < -0.4 is 9.80 Å². The monoisotopic (exact) mass is 448 g/mol. The summed E-state index contributed by atoms with van der Waals surface area (Å²) < 4.78 is 38.1. The second kappa shape index (κ2) is 9.32. The topological polar surface area (TPSA) is 55.8 Å². The third-order valence-electron chi connectivity index (χ3n) is 6.06. The lowest BCUT2D eigenvalue weighted by molar-refractivity contribution is -0.137. The van der Waals surface area contributed by atoms with Crippen molar-refractivity contribution in [3.8, 4) is 0 Å². The summed E-state index contributed by atoms with van der Waals surface area (Å²) in [6, 6.07) is 8.75. The molecule has 3 heterocycles. The zero-order chi connectivity index (χ0) is 22.7. The summed E-state index contributed by atoms with van der Waals surface area (Å²) in [5.74, 6) is 1.59. The lowest BCUT2D eigenvalue weighted by Crippen LogP contribution is -2.49. The Bertz CT molecular complexity index is 903. The molecule has 10 heteroatoms. The average molecular weight is 448 g/mol. The molecule has 0 saturated carbocycles. The van der Waals surface area contributed by atoms with Gasteiger partial charge in [-0.05, 0) is 36.9 Å². The molecule has 0 radical (unpaired) electrons. The van der Waals surface area contributed by atoms with Gasteiger partial charge in [-0.15, -0.1) is 10.2 Å². The van der Waals surface area contributed by atoms with Crippen molar-refractivity contribution >= 4 is 17.5 Å². The Hall–Kier alpha value is -2.88. The normalized spacial score (nSPS) is 18.2. The Morgan fingerprint density at radius 1 is 0.812 bits per heavy atom. The predicted molar refractivity (Wildman–Crippen MR) is 116 cm³/mol. The summed E-state index contributed by atoms with van der Waals surface area (Å²) in [4.78, 5) is 21.0. The van der Waals surface area contributed by atoms with E-state index in [-0.39, 0.29) is 12.3 Å². The Labute approximate surface area is 185 Å². The van der Waals surface area contributed by atoms with Crippen molar-refractivity contribution in [2.75, 3.05) is 69.2 Å². The van der Waals surface area contributed by atoms with Gasteiger partial charge in [0, 0.05) is 52.4 Å². The molecule has 0 unspecified atom stereocenters. The van der Waals surface area contributed by atoms with E-state index >= 15 is 0 Å². The quantitative estimate of drug-likeness (QED) is 0.715. The molecule has 0 N–H and O–H groups in total. The number of rotatable bonds is 4. The SMILES string of the molecule is CN1CCN(c2ccc(N3CCN(C(=O)Cc4ccc(C(F)(F)F)cc4)CC3)nn2)CC1. The minimum atomic E-state index is -4.37. The van der Waals surface area contributed by atoms with E-state index in [1.165, 1.54) is 12.1 Å². The molecule has 1 aromatic carbocycles. The van der Waals surface area contributed by atoms with Crippen molar-refractivity contribution in [3.63, 3.8) is 0 Å². The highest BCUT2D eigenvalue weighted by Gasteiger charge is 2.30. The molecule has 2 fully saturated rings. The molecule has 0 atom stereocenters. The number of carbonyl (C=O) groups excluding carboxylic acids is 1. The standard InChI is InChI=1S/C22H27F3N6O/c1-28-8-10-29(11-9-28)19-6-7-20(27-26-19)30-12-14-31(15-13-30)21(32)16-17-2-4-18(5-3-17)22(23,24)25/h2-7H,8-16H2,1H3. The van der Waals surface area contributed by atoms with Gasteiger partial charge in [0.05, 0.1) is 12.0 Å². The number of hydrogen-bond donors (Lipinski definition) is 0. The first-order valence-corrected chi connectivity index (χ1v) is 10.8. The van der Waals surface area contributed by atoms with Gasteiger partial charge in [0.25, 0.3) is 0 Å². The number of halogens is 3. The van der Waals surface area contributed by atoms with Gasteiger partial charge in [-0.25, -0.2) is 0 Å². The smallest absolute Gasteiger partial charge is 0.353 e. The number of carbonyl (C=O) groups is 1. The molecule has 32 heavy (non-hydrogen) atoms. The van der Waals surface area contributed by atoms with Crippen LogP contribution in [-0.2, 0) is 17.4 Å². The van der Waals surface area contributed by atoms with Gasteiger partial charge in [0.15, 0.2) is 11.6 Å². The highest BCUT2D eigenvalue weighted by Crippen LogP contribution is 2.29. The second-order valence-corrected chi connectivity index (χ2v) is 8.28. The number of benzene rings is 1. The minimum Gasteiger partial charge on any atom is -0.353 e. The van der Waals surface area contributed by atoms with E-state index in [1.54, 1.807) is 4.90 Å². The van der Waals surface area contributed by atoms with Gasteiger partial charge in [-0.3, -0.25) is 4.79 Å². The van der Waals surface area contributed by atoms with Crippen molar-refractivity contribution in [2.45, 2.75) is 12.6 Å². The van der Waals surface area contributed by atoms with Crippen LogP contribution in [0.25, 0.3) is 0 Å². The first-order valence-electron chi connectivity index (χ1n) is 10.8. The fraction of sp³-hybridized carbons (Fsp3) is 0.500. The Kier molecular flexibility index (Phi) is 6.50. The van der Waals surface area contributed by atoms with E-state index in [9.17, 15) is 18.0 Å². The lowest BCUT2D eigenvalue weighted by Gasteiger charge is -2.36. The number of amides is 1. The zero-order valence-corrected chi connectivity index (χ0v) is 18.1. The third kappa shape index (κ3) is 5.29. The first-order chi connectivity index (χ1) is 15.3. The number of piperazine rings is 2. The average Bonchev–Trinajstić information content (AvgIpc) is 2.80. The summed E-state index contributed by atoms with van der Waals surface area (Å²) in [6.07, 6.45) is -4.28. The minimum absolute atomic E-state index is 0.0825. The molecule has 0 spiro atoms. The summed E-state index contributed by atoms with van der Waals surface area (Å²) >= 11 is 0. The molecule has 0 bridgehead atoms. The number of hydrogen-bond acceptors (Lipinski definition) is 6. The van der Waals surface area contributed by atoms with Gasteiger partial charge >= 0.3 is 6.18 Å². The maximum Gasteiger partial charge on any atom is 0.416 e. The van der Waals surface area contributed by atoms with Crippen molar-refractivity contribution in [1.82, 2.24) is 20.0 Å². The van der Waals surface area contributed by atoms with Crippen LogP contribution in [-0.4, -0.2) is 85.3 Å². The lowest BCUT2D eigenvalue weighted by atomic mass is 10.1. The molecule has 2 aliphatic heterocycles. The van der Waals surface area contributed by atoms with Crippen LogP contribution in [0.3, 0.4) is 0 Å².